The molecular weight excluding hydrogens is 408 g/mol. The molecule has 5 rings (SSSR count). The normalized spacial score (nSPS) is 10.5. The lowest BCUT2D eigenvalue weighted by Crippen LogP contribution is -2.04. The van der Waals surface area contributed by atoms with Crippen molar-refractivity contribution in [3.8, 4) is 11.1 Å². The number of carbonyl (C=O) groups is 1. The Bertz CT molecular complexity index is 1420. The lowest BCUT2D eigenvalue weighted by atomic mass is 10.1. The monoisotopic (exact) mass is 430 g/mol. The van der Waals surface area contributed by atoms with Gasteiger partial charge in [-0.3, -0.25) is 9.59 Å². The molecule has 0 aliphatic rings. The van der Waals surface area contributed by atoms with Crippen molar-refractivity contribution in [3.63, 3.8) is 0 Å². The van der Waals surface area contributed by atoms with Gasteiger partial charge in [0.25, 0.3) is 0 Å². The smallest absolute Gasteiger partial charge is 0.200 e. The predicted octanol–water partition coefficient (Wildman–Crippen LogP) is 7.04. The van der Waals surface area contributed by atoms with Crippen molar-refractivity contribution in [2.45, 2.75) is 0 Å². The molecule has 1 heterocycles. The van der Waals surface area contributed by atoms with E-state index in [0.717, 1.165) is 16.7 Å². The largest absolute Gasteiger partial charge is 0.463 e. The van der Waals surface area contributed by atoms with Crippen molar-refractivity contribution in [1.82, 2.24) is 0 Å². The number of allylic oxidation sites excluding steroid dienone is 1. The SMILES string of the molecule is O=C(/C=C/c1ccccc1)c1ccccc1.O=c1c(-c2ccccc2)coc2ccccc12. The van der Waals surface area contributed by atoms with E-state index in [1.54, 1.807) is 18.2 Å². The van der Waals surface area contributed by atoms with E-state index in [1.165, 1.54) is 6.26 Å². The molecule has 0 bridgehead atoms. The molecule has 0 spiro atoms. The number of hydrogen-bond donors (Lipinski definition) is 0. The summed E-state index contributed by atoms with van der Waals surface area (Å²) >= 11 is 0. The zero-order valence-electron chi connectivity index (χ0n) is 17.9. The zero-order valence-corrected chi connectivity index (χ0v) is 17.9. The quantitative estimate of drug-likeness (QED) is 0.227. The van der Waals surface area contributed by atoms with Gasteiger partial charge in [0.1, 0.15) is 11.8 Å². The molecule has 0 unspecified atom stereocenters. The van der Waals surface area contributed by atoms with Crippen LogP contribution in [-0.4, -0.2) is 5.78 Å². The van der Waals surface area contributed by atoms with Gasteiger partial charge in [0.2, 0.25) is 0 Å². The van der Waals surface area contributed by atoms with Gasteiger partial charge < -0.3 is 4.42 Å². The number of para-hydroxylation sites is 1. The van der Waals surface area contributed by atoms with Gasteiger partial charge in [0.05, 0.1) is 10.9 Å². The maximum Gasteiger partial charge on any atom is 0.200 e. The summed E-state index contributed by atoms with van der Waals surface area (Å²) in [5.41, 5.74) is 3.87. The Morgan fingerprint density at radius 2 is 1.24 bits per heavy atom. The van der Waals surface area contributed by atoms with Gasteiger partial charge in [-0.25, -0.2) is 0 Å². The molecule has 0 amide bonds. The van der Waals surface area contributed by atoms with Crippen LogP contribution in [0.4, 0.5) is 0 Å². The van der Waals surface area contributed by atoms with Gasteiger partial charge in [-0.05, 0) is 29.3 Å². The third-order valence-corrected chi connectivity index (χ3v) is 5.05. The second-order valence-corrected chi connectivity index (χ2v) is 7.31. The maximum absolute atomic E-state index is 12.3. The summed E-state index contributed by atoms with van der Waals surface area (Å²) in [7, 11) is 0. The van der Waals surface area contributed by atoms with Gasteiger partial charge >= 0.3 is 0 Å². The maximum atomic E-state index is 12.3. The third-order valence-electron chi connectivity index (χ3n) is 5.05. The van der Waals surface area contributed by atoms with Crippen LogP contribution < -0.4 is 5.43 Å². The Kier molecular flexibility index (Phi) is 7.04. The number of fused-ring (bicyclic) bond motifs is 1. The fourth-order valence-electron chi connectivity index (χ4n) is 3.33. The number of benzene rings is 4. The summed E-state index contributed by atoms with van der Waals surface area (Å²) in [4.78, 5) is 24.0. The van der Waals surface area contributed by atoms with Gasteiger partial charge in [-0.2, -0.15) is 0 Å². The second-order valence-electron chi connectivity index (χ2n) is 7.31. The minimum Gasteiger partial charge on any atom is -0.463 e. The predicted molar refractivity (Wildman–Crippen MR) is 134 cm³/mol. The molecule has 3 nitrogen and oxygen atoms in total. The highest BCUT2D eigenvalue weighted by atomic mass is 16.3. The summed E-state index contributed by atoms with van der Waals surface area (Å²) < 4.78 is 5.48. The topological polar surface area (TPSA) is 47.3 Å². The molecule has 0 atom stereocenters. The van der Waals surface area contributed by atoms with Crippen molar-refractivity contribution >= 4 is 22.8 Å². The molecule has 0 radical (unpaired) electrons. The average molecular weight is 431 g/mol. The van der Waals surface area contributed by atoms with E-state index in [1.807, 2.05) is 109 Å². The highest BCUT2D eigenvalue weighted by molar-refractivity contribution is 6.06. The molecule has 1 aromatic heterocycles. The van der Waals surface area contributed by atoms with Crippen LogP contribution in [-0.2, 0) is 0 Å². The Balaban J connectivity index is 0.000000157. The van der Waals surface area contributed by atoms with Crippen LogP contribution in [0.1, 0.15) is 15.9 Å². The van der Waals surface area contributed by atoms with Crippen LogP contribution >= 0.6 is 0 Å². The van der Waals surface area contributed by atoms with E-state index in [2.05, 4.69) is 0 Å². The number of rotatable bonds is 4. The van der Waals surface area contributed by atoms with Crippen molar-refractivity contribution in [1.29, 1.82) is 0 Å². The van der Waals surface area contributed by atoms with E-state index in [4.69, 9.17) is 4.42 Å². The average Bonchev–Trinajstić information content (AvgIpc) is 2.90. The van der Waals surface area contributed by atoms with E-state index in [-0.39, 0.29) is 11.2 Å². The second kappa shape index (κ2) is 10.7. The fourth-order valence-corrected chi connectivity index (χ4v) is 3.33. The van der Waals surface area contributed by atoms with Crippen LogP contribution in [0.3, 0.4) is 0 Å². The summed E-state index contributed by atoms with van der Waals surface area (Å²) in [6.07, 6.45) is 4.96. The zero-order chi connectivity index (χ0) is 22.9. The van der Waals surface area contributed by atoms with Gasteiger partial charge in [0.15, 0.2) is 11.2 Å². The lowest BCUT2D eigenvalue weighted by molar-refractivity contribution is 0.104. The first-order chi connectivity index (χ1) is 16.2. The number of hydrogen-bond acceptors (Lipinski definition) is 3. The molecule has 33 heavy (non-hydrogen) atoms. The van der Waals surface area contributed by atoms with Crippen molar-refractivity contribution < 1.29 is 9.21 Å². The van der Waals surface area contributed by atoms with Crippen LogP contribution in [0.5, 0.6) is 0 Å². The van der Waals surface area contributed by atoms with Crippen LogP contribution in [0.25, 0.3) is 28.2 Å². The molecule has 4 aromatic carbocycles. The van der Waals surface area contributed by atoms with Crippen molar-refractivity contribution in [2.75, 3.05) is 0 Å². The minimum atomic E-state index is 0.0121. The van der Waals surface area contributed by atoms with E-state index >= 15 is 0 Å². The Morgan fingerprint density at radius 1 is 0.667 bits per heavy atom. The third kappa shape index (κ3) is 5.60. The molecule has 0 aliphatic heterocycles. The Labute approximate surface area is 192 Å². The Morgan fingerprint density at radius 3 is 1.94 bits per heavy atom. The van der Waals surface area contributed by atoms with Crippen LogP contribution in [0.15, 0.2) is 137 Å². The highest BCUT2D eigenvalue weighted by Crippen LogP contribution is 2.18. The minimum absolute atomic E-state index is 0.0121. The van der Waals surface area contributed by atoms with Crippen LogP contribution in [0, 0.1) is 0 Å². The summed E-state index contributed by atoms with van der Waals surface area (Å²) in [5.74, 6) is 0.0319. The molecule has 3 heteroatoms. The molecular formula is C30H22O3. The molecule has 5 aromatic rings. The van der Waals surface area contributed by atoms with E-state index < -0.39 is 0 Å². The number of carbonyl (C=O) groups excluding carboxylic acids is 1. The molecule has 0 N–H and O–H groups in total. The van der Waals surface area contributed by atoms with Gasteiger partial charge in [-0.1, -0.05) is 109 Å². The van der Waals surface area contributed by atoms with E-state index in [9.17, 15) is 9.59 Å². The van der Waals surface area contributed by atoms with Crippen molar-refractivity contribution in [2.24, 2.45) is 0 Å². The standard InChI is InChI=1S/C15H10O2.C15H12O/c16-15-12-8-4-5-9-14(12)17-10-13(15)11-6-2-1-3-7-11;16-15(14-9-5-2-6-10-14)12-11-13-7-3-1-4-8-13/h1-10H;1-12H/b;12-11+. The van der Waals surface area contributed by atoms with Crippen LogP contribution in [0.2, 0.25) is 0 Å². The van der Waals surface area contributed by atoms with Gasteiger partial charge in [-0.15, -0.1) is 0 Å². The summed E-state index contributed by atoms with van der Waals surface area (Å²) in [6, 6.07) is 35.9. The summed E-state index contributed by atoms with van der Waals surface area (Å²) in [6.45, 7) is 0. The molecule has 0 saturated carbocycles. The first kappa shape index (κ1) is 21.7. The fraction of sp³-hybridized carbons (Fsp3) is 0. The number of ketones is 1. The van der Waals surface area contributed by atoms with Gasteiger partial charge in [0, 0.05) is 5.56 Å². The molecule has 0 fully saturated rings. The molecule has 160 valence electrons. The van der Waals surface area contributed by atoms with E-state index in [0.29, 0.717) is 16.5 Å². The summed E-state index contributed by atoms with van der Waals surface area (Å²) in [5, 5.41) is 0.619. The van der Waals surface area contributed by atoms with Crippen molar-refractivity contribution in [3.05, 3.63) is 149 Å². The Hall–Kier alpha value is -4.50. The molecule has 0 saturated heterocycles. The highest BCUT2D eigenvalue weighted by Gasteiger charge is 2.07. The first-order valence-corrected chi connectivity index (χ1v) is 10.6. The first-order valence-electron chi connectivity index (χ1n) is 10.6. The lowest BCUT2D eigenvalue weighted by Gasteiger charge is -2.01. The molecule has 0 aliphatic carbocycles.